The van der Waals surface area contributed by atoms with Gasteiger partial charge in [-0.2, -0.15) is 5.26 Å². The van der Waals surface area contributed by atoms with Crippen LogP contribution < -0.4 is 9.47 Å². The summed E-state index contributed by atoms with van der Waals surface area (Å²) in [6, 6.07) is 6.97. The number of fused-ring (bicyclic) bond motifs is 1. The Labute approximate surface area is 98.2 Å². The van der Waals surface area contributed by atoms with Crippen LogP contribution >= 0.6 is 0 Å². The fraction of sp³-hybridized carbons (Fsp3) is 0.333. The van der Waals surface area contributed by atoms with Gasteiger partial charge in [0.25, 0.3) is 0 Å². The molecule has 0 fully saturated rings. The monoisotopic (exact) mass is 233 g/mol. The fourth-order valence-electron chi connectivity index (χ4n) is 1.64. The van der Waals surface area contributed by atoms with Crippen molar-refractivity contribution in [3.63, 3.8) is 0 Å². The zero-order chi connectivity index (χ0) is 12.3. The first kappa shape index (κ1) is 11.3. The van der Waals surface area contributed by atoms with E-state index >= 15 is 0 Å². The second-order valence-corrected chi connectivity index (χ2v) is 3.70. The van der Waals surface area contributed by atoms with Gasteiger partial charge in [-0.05, 0) is 24.1 Å². The van der Waals surface area contributed by atoms with E-state index in [1.165, 1.54) is 0 Å². The minimum absolute atomic E-state index is 0.169. The molecule has 1 N–H and O–H groups in total. The van der Waals surface area contributed by atoms with Crippen molar-refractivity contribution in [2.45, 2.75) is 6.42 Å². The Morgan fingerprint density at radius 3 is 2.76 bits per heavy atom. The zero-order valence-corrected chi connectivity index (χ0v) is 9.05. The number of benzene rings is 1. The molecule has 1 aliphatic rings. The highest BCUT2D eigenvalue weighted by molar-refractivity contribution is 5.73. The molecular formula is C12H11NO4. The summed E-state index contributed by atoms with van der Waals surface area (Å²) < 4.78 is 10.7. The number of carbonyl (C=O) groups is 1. The van der Waals surface area contributed by atoms with Crippen molar-refractivity contribution < 1.29 is 19.4 Å². The molecule has 1 heterocycles. The molecule has 0 saturated heterocycles. The van der Waals surface area contributed by atoms with E-state index in [0.717, 1.165) is 5.56 Å². The lowest BCUT2D eigenvalue weighted by Crippen LogP contribution is -2.17. The Hall–Kier alpha value is -2.22. The van der Waals surface area contributed by atoms with Crippen LogP contribution in [0.5, 0.6) is 11.5 Å². The third kappa shape index (κ3) is 2.48. The molecule has 1 aliphatic heterocycles. The van der Waals surface area contributed by atoms with E-state index < -0.39 is 11.9 Å². The summed E-state index contributed by atoms with van der Waals surface area (Å²) in [6.07, 6.45) is 0.169. The Kier molecular flexibility index (Phi) is 3.15. The van der Waals surface area contributed by atoms with Gasteiger partial charge >= 0.3 is 5.97 Å². The van der Waals surface area contributed by atoms with Gasteiger partial charge in [0, 0.05) is 0 Å². The van der Waals surface area contributed by atoms with Gasteiger partial charge in [0.05, 0.1) is 6.07 Å². The van der Waals surface area contributed by atoms with Gasteiger partial charge in [-0.15, -0.1) is 0 Å². The van der Waals surface area contributed by atoms with Crippen LogP contribution in [0.4, 0.5) is 0 Å². The van der Waals surface area contributed by atoms with Crippen LogP contribution in [-0.2, 0) is 11.2 Å². The number of carboxylic acid groups (broad SMARTS) is 1. The maximum Gasteiger partial charge on any atom is 0.321 e. The largest absolute Gasteiger partial charge is 0.486 e. The quantitative estimate of drug-likeness (QED) is 0.849. The summed E-state index contributed by atoms with van der Waals surface area (Å²) >= 11 is 0. The summed E-state index contributed by atoms with van der Waals surface area (Å²) in [5.41, 5.74) is 0.753. The SMILES string of the molecule is N#CC(Cc1ccc2c(c1)OCCO2)C(=O)O. The number of carboxylic acids is 1. The molecule has 1 aromatic rings. The van der Waals surface area contributed by atoms with E-state index in [0.29, 0.717) is 24.7 Å². The maximum atomic E-state index is 10.7. The summed E-state index contributed by atoms with van der Waals surface area (Å²) in [7, 11) is 0. The Balaban J connectivity index is 2.17. The number of aliphatic carboxylic acids is 1. The number of nitrogens with zero attached hydrogens (tertiary/aromatic N) is 1. The maximum absolute atomic E-state index is 10.7. The average Bonchev–Trinajstić information content (AvgIpc) is 2.35. The topological polar surface area (TPSA) is 79.5 Å². The van der Waals surface area contributed by atoms with Crippen LogP contribution in [0.3, 0.4) is 0 Å². The molecule has 17 heavy (non-hydrogen) atoms. The molecule has 0 aliphatic carbocycles. The van der Waals surface area contributed by atoms with Crippen molar-refractivity contribution >= 4 is 5.97 Å². The van der Waals surface area contributed by atoms with Gasteiger partial charge in [0.15, 0.2) is 11.5 Å². The number of rotatable bonds is 3. The molecule has 1 unspecified atom stereocenters. The Morgan fingerprint density at radius 2 is 2.12 bits per heavy atom. The van der Waals surface area contributed by atoms with E-state index in [9.17, 15) is 4.79 Å². The summed E-state index contributed by atoms with van der Waals surface area (Å²) in [5, 5.41) is 17.5. The van der Waals surface area contributed by atoms with Crippen LogP contribution in [-0.4, -0.2) is 24.3 Å². The molecule has 0 amide bonds. The van der Waals surface area contributed by atoms with Gasteiger partial charge in [-0.1, -0.05) is 6.07 Å². The third-order valence-corrected chi connectivity index (χ3v) is 2.50. The van der Waals surface area contributed by atoms with Crippen LogP contribution in [0.25, 0.3) is 0 Å². The lowest BCUT2D eigenvalue weighted by Gasteiger charge is -2.19. The third-order valence-electron chi connectivity index (χ3n) is 2.50. The number of nitriles is 1. The summed E-state index contributed by atoms with van der Waals surface area (Å²) in [5.74, 6) is -0.875. The molecule has 0 aromatic heterocycles. The van der Waals surface area contributed by atoms with Crippen molar-refractivity contribution in [3.8, 4) is 17.6 Å². The normalized spacial score (nSPS) is 14.8. The Bertz CT molecular complexity index is 478. The molecule has 2 rings (SSSR count). The molecule has 1 atom stereocenters. The zero-order valence-electron chi connectivity index (χ0n) is 9.05. The molecule has 0 bridgehead atoms. The highest BCUT2D eigenvalue weighted by Crippen LogP contribution is 2.31. The molecule has 0 saturated carbocycles. The molecule has 0 radical (unpaired) electrons. The first-order chi connectivity index (χ1) is 8.20. The minimum Gasteiger partial charge on any atom is -0.486 e. The van der Waals surface area contributed by atoms with Crippen LogP contribution in [0.2, 0.25) is 0 Å². The van der Waals surface area contributed by atoms with Crippen molar-refractivity contribution in [1.29, 1.82) is 5.26 Å². The number of hydrogen-bond donors (Lipinski definition) is 1. The van der Waals surface area contributed by atoms with Crippen molar-refractivity contribution in [1.82, 2.24) is 0 Å². The van der Waals surface area contributed by atoms with Crippen molar-refractivity contribution in [2.75, 3.05) is 13.2 Å². The van der Waals surface area contributed by atoms with Crippen LogP contribution in [0, 0.1) is 17.2 Å². The Morgan fingerprint density at radius 1 is 1.41 bits per heavy atom. The number of ether oxygens (including phenoxy) is 2. The van der Waals surface area contributed by atoms with Gasteiger partial charge in [-0.25, -0.2) is 0 Å². The van der Waals surface area contributed by atoms with Crippen LogP contribution in [0.15, 0.2) is 18.2 Å². The second kappa shape index (κ2) is 4.74. The molecule has 0 spiro atoms. The highest BCUT2D eigenvalue weighted by atomic mass is 16.6. The van der Waals surface area contributed by atoms with E-state index in [1.54, 1.807) is 24.3 Å². The summed E-state index contributed by atoms with van der Waals surface area (Å²) in [6.45, 7) is 0.999. The fourth-order valence-corrected chi connectivity index (χ4v) is 1.64. The van der Waals surface area contributed by atoms with Gasteiger partial charge < -0.3 is 14.6 Å². The first-order valence-electron chi connectivity index (χ1n) is 5.21. The average molecular weight is 233 g/mol. The predicted molar refractivity (Wildman–Crippen MR) is 57.9 cm³/mol. The molecule has 5 heteroatoms. The summed E-state index contributed by atoms with van der Waals surface area (Å²) in [4.78, 5) is 10.7. The standard InChI is InChI=1S/C12H11NO4/c13-7-9(12(14)15)5-8-1-2-10-11(6-8)17-4-3-16-10/h1-2,6,9H,3-5H2,(H,14,15). The second-order valence-electron chi connectivity index (χ2n) is 3.70. The molecule has 88 valence electrons. The smallest absolute Gasteiger partial charge is 0.321 e. The lowest BCUT2D eigenvalue weighted by atomic mass is 10.0. The number of hydrogen-bond acceptors (Lipinski definition) is 4. The van der Waals surface area contributed by atoms with Crippen molar-refractivity contribution in [3.05, 3.63) is 23.8 Å². The van der Waals surface area contributed by atoms with E-state index in [4.69, 9.17) is 19.8 Å². The van der Waals surface area contributed by atoms with E-state index in [1.807, 2.05) is 0 Å². The van der Waals surface area contributed by atoms with Crippen LogP contribution in [0.1, 0.15) is 5.56 Å². The molecule has 1 aromatic carbocycles. The van der Waals surface area contributed by atoms with Gasteiger partial charge in [0.2, 0.25) is 0 Å². The van der Waals surface area contributed by atoms with E-state index in [2.05, 4.69) is 0 Å². The molecule has 5 nitrogen and oxygen atoms in total. The predicted octanol–water partition coefficient (Wildman–Crippen LogP) is 1.22. The first-order valence-corrected chi connectivity index (χ1v) is 5.21. The lowest BCUT2D eigenvalue weighted by molar-refractivity contribution is -0.139. The van der Waals surface area contributed by atoms with Gasteiger partial charge in [0.1, 0.15) is 19.1 Å². The molecular weight excluding hydrogens is 222 g/mol. The highest BCUT2D eigenvalue weighted by Gasteiger charge is 2.19. The van der Waals surface area contributed by atoms with E-state index in [-0.39, 0.29) is 6.42 Å². The minimum atomic E-state index is -1.11. The van der Waals surface area contributed by atoms with Crippen molar-refractivity contribution in [2.24, 2.45) is 5.92 Å². The van der Waals surface area contributed by atoms with Gasteiger partial charge in [-0.3, -0.25) is 4.79 Å².